The second-order valence-corrected chi connectivity index (χ2v) is 9.81. The third-order valence-corrected chi connectivity index (χ3v) is 6.56. The Morgan fingerprint density at radius 1 is 0.931 bits per heavy atom. The highest BCUT2D eigenvalue weighted by Crippen LogP contribution is 2.23. The number of carbonyl (C=O) groups excluding carboxylic acids is 1. The van der Waals surface area contributed by atoms with E-state index in [9.17, 15) is 13.2 Å². The van der Waals surface area contributed by atoms with Crippen LogP contribution in [0.3, 0.4) is 0 Å². The van der Waals surface area contributed by atoms with Crippen LogP contribution in [-0.4, -0.2) is 25.7 Å². The number of halogens is 3. The molecule has 1 aliphatic carbocycles. The number of rotatable bonds is 3. The van der Waals surface area contributed by atoms with Crippen LogP contribution in [0.15, 0.2) is 83.9 Å². The van der Waals surface area contributed by atoms with E-state index in [1.807, 2.05) is 6.92 Å². The fraction of sp³-hybridized carbons (Fsp3) is 0.0500. The Kier molecular flexibility index (Phi) is 6.68. The van der Waals surface area contributed by atoms with Crippen molar-refractivity contribution < 1.29 is 13.2 Å². The number of aliphatic imine (C=N–C) groups is 1. The maximum atomic E-state index is 12.8. The Hall–Kier alpha value is -1.87. The molecule has 0 fully saturated rings. The fourth-order valence-electron chi connectivity index (χ4n) is 2.35. The average molecular weight is 557 g/mol. The summed E-state index contributed by atoms with van der Waals surface area (Å²) in [5.41, 5.74) is 1.75. The Balaban J connectivity index is 2.15. The molecule has 2 aromatic carbocycles. The summed E-state index contributed by atoms with van der Waals surface area (Å²) in [6, 6.07) is 12.9. The maximum absolute atomic E-state index is 12.8. The molecule has 0 spiro atoms. The molecule has 0 N–H and O–H groups in total. The van der Waals surface area contributed by atoms with Crippen molar-refractivity contribution in [3.63, 3.8) is 0 Å². The van der Waals surface area contributed by atoms with E-state index in [1.54, 1.807) is 36.4 Å². The van der Waals surface area contributed by atoms with Crippen LogP contribution in [-0.2, 0) is 14.8 Å². The Bertz CT molecular complexity index is 1170. The predicted octanol–water partition coefficient (Wildman–Crippen LogP) is 5.37. The molecule has 2 aromatic rings. The lowest BCUT2D eigenvalue weighted by molar-refractivity contribution is -0.110. The van der Waals surface area contributed by atoms with E-state index in [2.05, 4.69) is 41.3 Å². The number of carbonyl (C=O) groups is 1. The van der Waals surface area contributed by atoms with Gasteiger partial charge in [-0.2, -0.15) is 8.42 Å². The molecule has 9 heteroatoms. The SMILES string of the molecule is Cc1ccc(S(=O)(=O)/N=C(/N=C2C=C(Br)C(=O)C(Br)=C2)c2ccc(Cl)cc2)cc1. The minimum atomic E-state index is -4.01. The van der Waals surface area contributed by atoms with Gasteiger partial charge in [0.15, 0.2) is 5.84 Å². The highest BCUT2D eigenvalue weighted by atomic mass is 79.9. The Morgan fingerprint density at radius 3 is 2.03 bits per heavy atom. The van der Waals surface area contributed by atoms with Crippen molar-refractivity contribution in [3.05, 3.63) is 85.8 Å². The minimum Gasteiger partial charge on any atom is -0.287 e. The first kappa shape index (κ1) is 21.8. The number of ketones is 1. The zero-order valence-electron chi connectivity index (χ0n) is 14.9. The molecule has 0 saturated heterocycles. The summed E-state index contributed by atoms with van der Waals surface area (Å²) in [7, 11) is -4.01. The molecule has 29 heavy (non-hydrogen) atoms. The van der Waals surface area contributed by atoms with E-state index < -0.39 is 10.0 Å². The van der Waals surface area contributed by atoms with E-state index in [0.717, 1.165) is 5.56 Å². The molecule has 5 nitrogen and oxygen atoms in total. The first-order valence-corrected chi connectivity index (χ1v) is 11.6. The summed E-state index contributed by atoms with van der Waals surface area (Å²) in [6.45, 7) is 1.86. The molecule has 0 heterocycles. The summed E-state index contributed by atoms with van der Waals surface area (Å²) in [6.07, 6.45) is 2.99. The van der Waals surface area contributed by atoms with Gasteiger partial charge in [0.05, 0.1) is 19.6 Å². The van der Waals surface area contributed by atoms with Gasteiger partial charge in [-0.05, 0) is 87.3 Å². The van der Waals surface area contributed by atoms with Crippen LogP contribution in [0.1, 0.15) is 11.1 Å². The smallest absolute Gasteiger partial charge is 0.284 e. The van der Waals surface area contributed by atoms with Gasteiger partial charge in [-0.15, -0.1) is 4.40 Å². The van der Waals surface area contributed by atoms with Crippen molar-refractivity contribution in [2.75, 3.05) is 0 Å². The summed E-state index contributed by atoms with van der Waals surface area (Å²) < 4.78 is 30.2. The number of amidine groups is 1. The van der Waals surface area contributed by atoms with Crippen LogP contribution in [0.5, 0.6) is 0 Å². The lowest BCUT2D eigenvalue weighted by atomic mass is 10.1. The molecular weight excluding hydrogens is 544 g/mol. The van der Waals surface area contributed by atoms with Crippen LogP contribution in [0.2, 0.25) is 5.02 Å². The van der Waals surface area contributed by atoms with E-state index in [-0.39, 0.29) is 16.5 Å². The molecule has 0 saturated carbocycles. The quantitative estimate of drug-likeness (QED) is 0.290. The van der Waals surface area contributed by atoms with E-state index in [0.29, 0.717) is 25.3 Å². The molecule has 0 unspecified atom stereocenters. The van der Waals surface area contributed by atoms with Gasteiger partial charge in [-0.3, -0.25) is 4.79 Å². The Morgan fingerprint density at radius 2 is 1.48 bits per heavy atom. The monoisotopic (exact) mass is 554 g/mol. The van der Waals surface area contributed by atoms with Crippen LogP contribution in [0.25, 0.3) is 0 Å². The van der Waals surface area contributed by atoms with Crippen molar-refractivity contribution in [1.82, 2.24) is 0 Å². The molecule has 0 atom stereocenters. The molecule has 0 aliphatic heterocycles. The maximum Gasteiger partial charge on any atom is 0.284 e. The van der Waals surface area contributed by atoms with Crippen LogP contribution in [0.4, 0.5) is 0 Å². The number of sulfonamides is 1. The van der Waals surface area contributed by atoms with Gasteiger partial charge in [0, 0.05) is 10.6 Å². The minimum absolute atomic E-state index is 0.0281. The molecule has 3 rings (SSSR count). The highest BCUT2D eigenvalue weighted by Gasteiger charge is 2.19. The van der Waals surface area contributed by atoms with Crippen LogP contribution < -0.4 is 0 Å². The number of Topliss-reactive ketones (excluding diaryl/α,β-unsaturated/α-hetero) is 1. The zero-order chi connectivity index (χ0) is 21.2. The Labute approximate surface area is 190 Å². The van der Waals surface area contributed by atoms with Gasteiger partial charge in [-0.25, -0.2) is 4.99 Å². The number of aryl methyl sites for hydroxylation is 1. The fourth-order valence-corrected chi connectivity index (χ4v) is 4.59. The van der Waals surface area contributed by atoms with Crippen molar-refractivity contribution in [3.8, 4) is 0 Å². The van der Waals surface area contributed by atoms with Crippen molar-refractivity contribution >= 4 is 70.8 Å². The standard InChI is InChI=1S/C20H13Br2ClN2O3S/c1-12-2-8-16(9-3-12)29(27,28)25-20(13-4-6-14(23)7-5-13)24-15-10-17(21)19(26)18(22)11-15/h2-11H,1H3/b25-20+. The second kappa shape index (κ2) is 8.87. The number of benzene rings is 2. The summed E-state index contributed by atoms with van der Waals surface area (Å²) in [5, 5.41) is 0.496. The molecule has 1 aliphatic rings. The molecule has 0 amide bonds. The van der Waals surface area contributed by atoms with Gasteiger partial charge in [0.2, 0.25) is 5.78 Å². The van der Waals surface area contributed by atoms with E-state index in [4.69, 9.17) is 11.6 Å². The van der Waals surface area contributed by atoms with Crippen LogP contribution in [0, 0.1) is 6.92 Å². The number of hydrogen-bond acceptors (Lipinski definition) is 3. The molecule has 148 valence electrons. The third kappa shape index (κ3) is 5.39. The predicted molar refractivity (Wildman–Crippen MR) is 123 cm³/mol. The van der Waals surface area contributed by atoms with Crippen LogP contribution >= 0.6 is 43.5 Å². The largest absolute Gasteiger partial charge is 0.287 e. The normalized spacial score (nSPS) is 15.1. The summed E-state index contributed by atoms with van der Waals surface area (Å²) in [5.74, 6) is -0.263. The zero-order valence-corrected chi connectivity index (χ0v) is 19.7. The van der Waals surface area contributed by atoms with Gasteiger partial charge < -0.3 is 0 Å². The summed E-state index contributed by atoms with van der Waals surface area (Å²) >= 11 is 12.3. The first-order valence-electron chi connectivity index (χ1n) is 8.21. The second-order valence-electron chi connectivity index (χ2n) is 6.06. The average Bonchev–Trinajstić information content (AvgIpc) is 2.66. The topological polar surface area (TPSA) is 75.9 Å². The van der Waals surface area contributed by atoms with Gasteiger partial charge in [0.25, 0.3) is 10.0 Å². The lowest BCUT2D eigenvalue weighted by Crippen LogP contribution is -2.11. The van der Waals surface area contributed by atoms with Crippen molar-refractivity contribution in [2.45, 2.75) is 11.8 Å². The van der Waals surface area contributed by atoms with Gasteiger partial charge in [0.1, 0.15) is 0 Å². The molecular formula is C20H13Br2ClN2O3S. The van der Waals surface area contributed by atoms with E-state index >= 15 is 0 Å². The van der Waals surface area contributed by atoms with Crippen molar-refractivity contribution in [2.24, 2.45) is 9.39 Å². The van der Waals surface area contributed by atoms with E-state index in [1.165, 1.54) is 24.3 Å². The molecule has 0 aromatic heterocycles. The summed E-state index contributed by atoms with van der Waals surface area (Å²) in [4.78, 5) is 16.3. The van der Waals surface area contributed by atoms with Gasteiger partial charge in [-0.1, -0.05) is 29.3 Å². The number of nitrogens with zero attached hydrogens (tertiary/aromatic N) is 2. The van der Waals surface area contributed by atoms with Gasteiger partial charge >= 0.3 is 0 Å². The van der Waals surface area contributed by atoms with Crippen molar-refractivity contribution in [1.29, 1.82) is 0 Å². The third-order valence-electron chi connectivity index (χ3n) is 3.85. The molecule has 0 bridgehead atoms. The number of hydrogen-bond donors (Lipinski definition) is 0. The molecule has 0 radical (unpaired) electrons. The first-order chi connectivity index (χ1) is 13.7. The highest BCUT2D eigenvalue weighted by molar-refractivity contribution is 9.13. The lowest BCUT2D eigenvalue weighted by Gasteiger charge is -2.08. The number of allylic oxidation sites excluding steroid dienone is 4.